The van der Waals surface area contributed by atoms with Crippen molar-refractivity contribution in [3.05, 3.63) is 12.7 Å². The van der Waals surface area contributed by atoms with Gasteiger partial charge in [-0.05, 0) is 0 Å². The first-order valence-electron chi connectivity index (χ1n) is 6.00. The van der Waals surface area contributed by atoms with Crippen molar-refractivity contribution in [2.45, 2.75) is 36.3 Å². The lowest BCUT2D eigenvalue weighted by Gasteiger charge is -2.39. The third-order valence-corrected chi connectivity index (χ3v) is 4.05. The van der Waals surface area contributed by atoms with Gasteiger partial charge in [0.25, 0.3) is 0 Å². The number of aliphatic hydroxyl groups is 4. The van der Waals surface area contributed by atoms with Crippen LogP contribution >= 0.6 is 11.8 Å². The van der Waals surface area contributed by atoms with Crippen LogP contribution in [0.15, 0.2) is 17.8 Å². The Morgan fingerprint density at radius 2 is 1.95 bits per heavy atom. The fraction of sp³-hybridized carbons (Fsp3) is 0.700. The quantitative estimate of drug-likeness (QED) is 0.120. The van der Waals surface area contributed by atoms with Crippen LogP contribution in [0.5, 0.6) is 0 Å². The van der Waals surface area contributed by atoms with Gasteiger partial charge < -0.3 is 25.2 Å². The first-order chi connectivity index (χ1) is 10.2. The Balaban J connectivity index is 2.85. The molecule has 12 heteroatoms. The molecule has 128 valence electrons. The number of ether oxygens (including phenoxy) is 1. The van der Waals surface area contributed by atoms with Gasteiger partial charge in [-0.2, -0.15) is 8.42 Å². The first-order valence-corrected chi connectivity index (χ1v) is 8.25. The van der Waals surface area contributed by atoms with Gasteiger partial charge in [-0.3, -0.25) is 4.55 Å². The van der Waals surface area contributed by atoms with Crippen molar-refractivity contribution in [1.29, 1.82) is 0 Å². The lowest BCUT2D eigenvalue weighted by Crippen LogP contribution is -2.57. The second-order valence-corrected chi connectivity index (χ2v) is 6.47. The molecule has 0 aliphatic carbocycles. The number of oxime groups is 1. The van der Waals surface area contributed by atoms with E-state index in [1.807, 2.05) is 0 Å². The maximum atomic E-state index is 10.5. The summed E-state index contributed by atoms with van der Waals surface area (Å²) in [5.74, 6) is 0. The first kappa shape index (κ1) is 19.3. The fourth-order valence-corrected chi connectivity index (χ4v) is 2.91. The normalized spacial score (nSPS) is 33.5. The SMILES string of the molecule is C=CC/C(=N\OS(=O)(=O)O)S[C@H]1O[C@@H](CO)[C@H](O)[C@@H](O)[C@@H]1O. The van der Waals surface area contributed by atoms with E-state index < -0.39 is 46.9 Å². The van der Waals surface area contributed by atoms with Gasteiger partial charge in [-0.25, -0.2) is 4.28 Å². The summed E-state index contributed by atoms with van der Waals surface area (Å²) in [6.07, 6.45) is -4.34. The average molecular weight is 359 g/mol. The number of thioether (sulfide) groups is 1. The van der Waals surface area contributed by atoms with E-state index in [1.165, 1.54) is 6.08 Å². The van der Waals surface area contributed by atoms with E-state index in [2.05, 4.69) is 16.0 Å². The van der Waals surface area contributed by atoms with Crippen molar-refractivity contribution in [3.63, 3.8) is 0 Å². The molecule has 0 aromatic heterocycles. The number of hydrogen-bond donors (Lipinski definition) is 5. The fourth-order valence-electron chi connectivity index (χ4n) is 1.62. The van der Waals surface area contributed by atoms with Crippen molar-refractivity contribution in [1.82, 2.24) is 0 Å². The van der Waals surface area contributed by atoms with Gasteiger partial charge in [-0.15, -0.1) is 6.58 Å². The van der Waals surface area contributed by atoms with Crippen LogP contribution < -0.4 is 0 Å². The van der Waals surface area contributed by atoms with Crippen LogP contribution in [0.25, 0.3) is 0 Å². The highest BCUT2D eigenvalue weighted by molar-refractivity contribution is 8.14. The van der Waals surface area contributed by atoms with Gasteiger partial charge in [0, 0.05) is 6.42 Å². The molecule has 22 heavy (non-hydrogen) atoms. The molecule has 1 heterocycles. The van der Waals surface area contributed by atoms with Crippen molar-refractivity contribution in [3.8, 4) is 0 Å². The molecule has 0 aromatic rings. The molecule has 0 saturated carbocycles. The second-order valence-electron chi connectivity index (χ2n) is 4.30. The van der Waals surface area contributed by atoms with E-state index in [0.717, 1.165) is 0 Å². The van der Waals surface area contributed by atoms with Gasteiger partial charge >= 0.3 is 10.4 Å². The number of nitrogens with zero attached hydrogens (tertiary/aromatic N) is 1. The molecule has 1 fully saturated rings. The molecule has 1 rings (SSSR count). The van der Waals surface area contributed by atoms with Crippen LogP contribution in [0, 0.1) is 0 Å². The van der Waals surface area contributed by atoms with Crippen molar-refractivity contribution in [2.75, 3.05) is 6.61 Å². The number of allylic oxidation sites excluding steroid dienone is 1. The van der Waals surface area contributed by atoms with Gasteiger partial charge in [0.2, 0.25) is 0 Å². The Kier molecular flexibility index (Phi) is 7.21. The number of hydrogen-bond acceptors (Lipinski definition) is 10. The summed E-state index contributed by atoms with van der Waals surface area (Å²) in [7, 11) is -4.79. The summed E-state index contributed by atoms with van der Waals surface area (Å²) in [6, 6.07) is 0. The Bertz CT molecular complexity index is 507. The van der Waals surface area contributed by atoms with E-state index in [1.54, 1.807) is 0 Å². The van der Waals surface area contributed by atoms with Gasteiger partial charge in [-0.1, -0.05) is 23.0 Å². The van der Waals surface area contributed by atoms with Crippen LogP contribution in [0.4, 0.5) is 0 Å². The maximum Gasteiger partial charge on any atom is 0.466 e. The molecule has 0 aromatic carbocycles. The van der Waals surface area contributed by atoms with Crippen LogP contribution in [0.2, 0.25) is 0 Å². The van der Waals surface area contributed by atoms with Gasteiger partial charge in [0.15, 0.2) is 0 Å². The van der Waals surface area contributed by atoms with Crippen molar-refractivity contribution in [2.24, 2.45) is 5.16 Å². The summed E-state index contributed by atoms with van der Waals surface area (Å²) >= 11 is 0.688. The van der Waals surface area contributed by atoms with Gasteiger partial charge in [0.1, 0.15) is 34.9 Å². The minimum Gasteiger partial charge on any atom is -0.394 e. The summed E-state index contributed by atoms with van der Waals surface area (Å²) in [4.78, 5) is 0. The topological polar surface area (TPSA) is 166 Å². The van der Waals surface area contributed by atoms with E-state index in [-0.39, 0.29) is 11.5 Å². The minimum atomic E-state index is -4.79. The van der Waals surface area contributed by atoms with Gasteiger partial charge in [0.05, 0.1) is 6.61 Å². The summed E-state index contributed by atoms with van der Waals surface area (Å²) in [5.41, 5.74) is -1.15. The lowest BCUT2D eigenvalue weighted by atomic mass is 10.0. The Morgan fingerprint density at radius 3 is 2.45 bits per heavy atom. The molecule has 1 aliphatic heterocycles. The molecule has 0 radical (unpaired) electrons. The van der Waals surface area contributed by atoms with E-state index in [4.69, 9.17) is 14.4 Å². The molecule has 10 nitrogen and oxygen atoms in total. The predicted molar refractivity (Wildman–Crippen MR) is 76.2 cm³/mol. The summed E-state index contributed by atoms with van der Waals surface area (Å²) < 4.78 is 38.5. The third kappa shape index (κ3) is 5.48. The number of aliphatic hydroxyl groups excluding tert-OH is 4. The standard InChI is InChI=1S/C10H17NO9S2/c1-2-3-6(11-20-22(16,17)18)21-10-9(15)8(14)7(13)5(4-12)19-10/h2,5,7-10,12-15H,1,3-4H2,(H,16,17,18)/b11-6+/t5-,7-,8+,9-,10+/m0/s1. The monoisotopic (exact) mass is 359 g/mol. The summed E-state index contributed by atoms with van der Waals surface area (Å²) in [6.45, 7) is 2.82. The Hall–Kier alpha value is -0.730. The molecule has 1 saturated heterocycles. The van der Waals surface area contributed by atoms with E-state index in [9.17, 15) is 23.7 Å². The lowest BCUT2D eigenvalue weighted by molar-refractivity contribution is -0.205. The molecule has 5 atom stereocenters. The highest BCUT2D eigenvalue weighted by atomic mass is 32.3. The minimum absolute atomic E-state index is 0.0230. The zero-order valence-corrected chi connectivity index (χ0v) is 12.9. The highest BCUT2D eigenvalue weighted by Gasteiger charge is 2.44. The van der Waals surface area contributed by atoms with Crippen LogP contribution in [-0.2, 0) is 19.4 Å². The predicted octanol–water partition coefficient (Wildman–Crippen LogP) is -1.77. The van der Waals surface area contributed by atoms with Crippen LogP contribution in [0.1, 0.15) is 6.42 Å². The number of rotatable bonds is 6. The Labute approximate surface area is 131 Å². The van der Waals surface area contributed by atoms with E-state index in [0.29, 0.717) is 11.8 Å². The Morgan fingerprint density at radius 1 is 1.32 bits per heavy atom. The van der Waals surface area contributed by atoms with Crippen LogP contribution in [-0.4, -0.2) is 74.9 Å². The second kappa shape index (κ2) is 8.21. The van der Waals surface area contributed by atoms with Crippen LogP contribution in [0.3, 0.4) is 0 Å². The average Bonchev–Trinajstić information content (AvgIpc) is 2.44. The van der Waals surface area contributed by atoms with Crippen molar-refractivity contribution < 1.29 is 42.4 Å². The van der Waals surface area contributed by atoms with E-state index >= 15 is 0 Å². The summed E-state index contributed by atoms with van der Waals surface area (Å²) in [5, 5.41) is 41.3. The van der Waals surface area contributed by atoms with Crippen molar-refractivity contribution >= 4 is 27.2 Å². The molecule has 0 unspecified atom stereocenters. The molecule has 0 bridgehead atoms. The molecule has 0 amide bonds. The maximum absolute atomic E-state index is 10.5. The molecular weight excluding hydrogens is 342 g/mol. The third-order valence-electron chi connectivity index (χ3n) is 2.65. The highest BCUT2D eigenvalue weighted by Crippen LogP contribution is 2.30. The smallest absolute Gasteiger partial charge is 0.394 e. The molecule has 1 aliphatic rings. The largest absolute Gasteiger partial charge is 0.466 e. The molecular formula is C10H17NO9S2. The zero-order chi connectivity index (χ0) is 16.9. The molecule has 0 spiro atoms. The zero-order valence-electron chi connectivity index (χ0n) is 11.2. The molecule has 5 N–H and O–H groups in total.